The smallest absolute Gasteiger partial charge is 0.316 e. The maximum absolute atomic E-state index is 14.2. The lowest BCUT2D eigenvalue weighted by atomic mass is 10.0. The van der Waals surface area contributed by atoms with Crippen LogP contribution in [0.25, 0.3) is 27.7 Å². The molecule has 0 radical (unpaired) electrons. The molecule has 5 aromatic rings. The maximum Gasteiger partial charge on any atom is 0.316 e. The molecule has 0 fully saturated rings. The third kappa shape index (κ3) is 4.73. The van der Waals surface area contributed by atoms with Gasteiger partial charge in [0.25, 0.3) is 5.56 Å². The summed E-state index contributed by atoms with van der Waals surface area (Å²) in [5.41, 5.74) is 3.33. The van der Waals surface area contributed by atoms with Crippen molar-refractivity contribution in [3.63, 3.8) is 0 Å². The third-order valence-electron chi connectivity index (χ3n) is 6.02. The highest BCUT2D eigenvalue weighted by molar-refractivity contribution is 6.28. The Balaban J connectivity index is 1.72. The Labute approximate surface area is 218 Å². The number of ether oxygens (including phenoxy) is 1. The monoisotopic (exact) mass is 513 g/mol. The van der Waals surface area contributed by atoms with Crippen LogP contribution in [0.1, 0.15) is 31.3 Å². The maximum atomic E-state index is 14.2. The van der Waals surface area contributed by atoms with E-state index < -0.39 is 0 Å². The molecule has 2 aromatic carbocycles. The molecule has 0 spiro atoms. The lowest BCUT2D eigenvalue weighted by Gasteiger charge is -2.21. The first kappa shape index (κ1) is 24.3. The van der Waals surface area contributed by atoms with Crippen LogP contribution in [0.15, 0.2) is 71.9 Å². The van der Waals surface area contributed by atoms with Crippen molar-refractivity contribution in [2.75, 3.05) is 12.4 Å². The van der Waals surface area contributed by atoms with Crippen molar-refractivity contribution in [2.24, 2.45) is 0 Å². The zero-order chi connectivity index (χ0) is 25.9. The van der Waals surface area contributed by atoms with Crippen molar-refractivity contribution < 1.29 is 4.74 Å². The Morgan fingerprint density at radius 3 is 2.46 bits per heavy atom. The Hall–Kier alpha value is -4.37. The van der Waals surface area contributed by atoms with Crippen molar-refractivity contribution in [1.29, 1.82) is 0 Å². The molecule has 0 amide bonds. The normalized spacial score (nSPS) is 11.9. The van der Waals surface area contributed by atoms with E-state index in [1.165, 1.54) is 7.11 Å². The summed E-state index contributed by atoms with van der Waals surface area (Å²) in [6.45, 7) is 3.95. The van der Waals surface area contributed by atoms with Gasteiger partial charge in [0.2, 0.25) is 5.28 Å². The van der Waals surface area contributed by atoms with Gasteiger partial charge in [0.15, 0.2) is 0 Å². The highest BCUT2D eigenvalue weighted by Crippen LogP contribution is 2.28. The van der Waals surface area contributed by atoms with Gasteiger partial charge in [-0.1, -0.05) is 37.3 Å². The summed E-state index contributed by atoms with van der Waals surface area (Å²) in [6.07, 6.45) is 5.69. The van der Waals surface area contributed by atoms with Crippen LogP contribution in [0.3, 0.4) is 0 Å². The molecule has 1 unspecified atom stereocenters. The SMILES string of the molecule is CCc1cnc(Cl)nc1NC(C)c1nc2cccc(-c3cnc(OC)nc3)c2c(=O)n1-c1ccccc1. The van der Waals surface area contributed by atoms with Gasteiger partial charge < -0.3 is 10.1 Å². The van der Waals surface area contributed by atoms with Gasteiger partial charge in [0.1, 0.15) is 11.6 Å². The van der Waals surface area contributed by atoms with Gasteiger partial charge in [-0.3, -0.25) is 9.36 Å². The largest absolute Gasteiger partial charge is 0.467 e. The Bertz CT molecular complexity index is 1620. The number of aryl methyl sites for hydroxylation is 1. The summed E-state index contributed by atoms with van der Waals surface area (Å²) in [5, 5.41) is 4.00. The number of hydrogen-bond acceptors (Lipinski definition) is 8. The van der Waals surface area contributed by atoms with E-state index >= 15 is 0 Å². The molecule has 3 heterocycles. The van der Waals surface area contributed by atoms with E-state index in [9.17, 15) is 4.79 Å². The summed E-state index contributed by atoms with van der Waals surface area (Å²) < 4.78 is 6.71. The van der Waals surface area contributed by atoms with Gasteiger partial charge in [-0.25, -0.2) is 24.9 Å². The van der Waals surface area contributed by atoms with E-state index in [2.05, 4.69) is 25.3 Å². The second-order valence-electron chi connectivity index (χ2n) is 8.34. The summed E-state index contributed by atoms with van der Waals surface area (Å²) in [7, 11) is 1.50. The van der Waals surface area contributed by atoms with E-state index in [1.807, 2.05) is 62.4 Å². The molecule has 0 aliphatic heterocycles. The first-order valence-electron chi connectivity index (χ1n) is 11.8. The average Bonchev–Trinajstić information content (AvgIpc) is 2.93. The van der Waals surface area contributed by atoms with Crippen LogP contribution in [-0.4, -0.2) is 36.6 Å². The van der Waals surface area contributed by atoms with Gasteiger partial charge in [0, 0.05) is 29.7 Å². The van der Waals surface area contributed by atoms with E-state index in [1.54, 1.807) is 23.2 Å². The van der Waals surface area contributed by atoms with Gasteiger partial charge in [-0.15, -0.1) is 0 Å². The summed E-state index contributed by atoms with van der Waals surface area (Å²) >= 11 is 6.08. The lowest BCUT2D eigenvalue weighted by Crippen LogP contribution is -2.28. The fourth-order valence-corrected chi connectivity index (χ4v) is 4.34. The number of fused-ring (bicyclic) bond motifs is 1. The van der Waals surface area contributed by atoms with Gasteiger partial charge in [0.05, 0.1) is 29.7 Å². The minimum Gasteiger partial charge on any atom is -0.467 e. The van der Waals surface area contributed by atoms with Crippen LogP contribution in [0.5, 0.6) is 6.01 Å². The summed E-state index contributed by atoms with van der Waals surface area (Å²) in [5.74, 6) is 1.14. The van der Waals surface area contributed by atoms with Crippen LogP contribution < -0.4 is 15.6 Å². The number of rotatable bonds is 7. The van der Waals surface area contributed by atoms with Crippen LogP contribution in [0, 0.1) is 0 Å². The topological polar surface area (TPSA) is 108 Å². The molecule has 3 aromatic heterocycles. The number of para-hydroxylation sites is 1. The number of benzene rings is 2. The van der Waals surface area contributed by atoms with Gasteiger partial charge >= 0.3 is 6.01 Å². The molecule has 5 rings (SSSR count). The fraction of sp³-hybridized carbons (Fsp3) is 0.185. The minimum atomic E-state index is -0.387. The Morgan fingerprint density at radius 1 is 1.00 bits per heavy atom. The van der Waals surface area contributed by atoms with Crippen LogP contribution in [0.2, 0.25) is 5.28 Å². The highest BCUT2D eigenvalue weighted by atomic mass is 35.5. The molecule has 10 heteroatoms. The number of halogens is 1. The quantitative estimate of drug-likeness (QED) is 0.302. The number of anilines is 1. The molecule has 186 valence electrons. The van der Waals surface area contributed by atoms with Crippen LogP contribution in [-0.2, 0) is 6.42 Å². The number of nitrogens with zero attached hydrogens (tertiary/aromatic N) is 6. The first-order chi connectivity index (χ1) is 18.0. The zero-order valence-corrected chi connectivity index (χ0v) is 21.3. The highest BCUT2D eigenvalue weighted by Gasteiger charge is 2.21. The van der Waals surface area contributed by atoms with Crippen molar-refractivity contribution in [3.05, 3.63) is 94.1 Å². The third-order valence-corrected chi connectivity index (χ3v) is 6.20. The summed E-state index contributed by atoms with van der Waals surface area (Å²) in [6, 6.07) is 14.9. The minimum absolute atomic E-state index is 0.144. The second kappa shape index (κ2) is 10.3. The van der Waals surface area contributed by atoms with Crippen molar-refractivity contribution >= 4 is 28.3 Å². The fourth-order valence-electron chi connectivity index (χ4n) is 4.20. The van der Waals surface area contributed by atoms with E-state index in [0.717, 1.165) is 12.0 Å². The average molecular weight is 514 g/mol. The van der Waals surface area contributed by atoms with Crippen molar-refractivity contribution in [1.82, 2.24) is 29.5 Å². The molecule has 1 atom stereocenters. The summed E-state index contributed by atoms with van der Waals surface area (Å²) in [4.78, 5) is 36.0. The molecule has 0 aliphatic rings. The van der Waals surface area contributed by atoms with Crippen LogP contribution in [0.4, 0.5) is 5.82 Å². The molecular weight excluding hydrogens is 490 g/mol. The van der Waals surface area contributed by atoms with Crippen molar-refractivity contribution in [3.8, 4) is 22.8 Å². The zero-order valence-electron chi connectivity index (χ0n) is 20.5. The lowest BCUT2D eigenvalue weighted by molar-refractivity contribution is 0.380. The number of hydrogen-bond donors (Lipinski definition) is 1. The first-order valence-corrected chi connectivity index (χ1v) is 12.1. The number of aromatic nitrogens is 6. The van der Waals surface area contributed by atoms with Crippen molar-refractivity contribution in [2.45, 2.75) is 26.3 Å². The Morgan fingerprint density at radius 2 is 1.76 bits per heavy atom. The van der Waals surface area contributed by atoms with Gasteiger partial charge in [-0.05, 0) is 48.7 Å². The van der Waals surface area contributed by atoms with Gasteiger partial charge in [-0.2, -0.15) is 0 Å². The standard InChI is InChI=1S/C27H24ClN7O2/c1-4-17-13-29-26(28)34-23(17)32-16(2)24-33-21-12-8-11-20(18-14-30-27(37-3)31-15-18)22(21)25(36)35(24)19-9-6-5-7-10-19/h5-16H,4H2,1-3H3,(H,29,32,34). The predicted octanol–water partition coefficient (Wildman–Crippen LogP) is 5.03. The molecule has 1 N–H and O–H groups in total. The second-order valence-corrected chi connectivity index (χ2v) is 8.67. The van der Waals surface area contributed by atoms with E-state index in [0.29, 0.717) is 39.4 Å². The van der Waals surface area contributed by atoms with Crippen LogP contribution >= 0.6 is 11.6 Å². The molecule has 37 heavy (non-hydrogen) atoms. The molecule has 0 saturated heterocycles. The Kier molecular flexibility index (Phi) is 6.78. The molecule has 0 bridgehead atoms. The molecular formula is C27H24ClN7O2. The molecule has 9 nitrogen and oxygen atoms in total. The number of methoxy groups -OCH3 is 1. The molecule has 0 aliphatic carbocycles. The van der Waals surface area contributed by atoms with E-state index in [4.69, 9.17) is 21.3 Å². The van der Waals surface area contributed by atoms with E-state index in [-0.39, 0.29) is 22.9 Å². The molecule has 0 saturated carbocycles. The number of nitrogens with one attached hydrogen (secondary N) is 1. The predicted molar refractivity (Wildman–Crippen MR) is 143 cm³/mol.